The van der Waals surface area contributed by atoms with E-state index in [1.807, 2.05) is 13.8 Å². The van der Waals surface area contributed by atoms with Crippen molar-refractivity contribution in [1.82, 2.24) is 9.78 Å². The molecule has 0 atom stereocenters. The molecule has 1 aromatic rings. The van der Waals surface area contributed by atoms with Crippen molar-refractivity contribution in [1.29, 1.82) is 0 Å². The van der Waals surface area contributed by atoms with Crippen LogP contribution in [0.4, 0.5) is 5.82 Å². The molecule has 16 heavy (non-hydrogen) atoms. The fourth-order valence-corrected chi connectivity index (χ4v) is 2.23. The van der Waals surface area contributed by atoms with Crippen molar-refractivity contribution >= 4 is 23.5 Å². The van der Waals surface area contributed by atoms with Crippen LogP contribution >= 0.6 is 11.8 Å². The Kier molecular flexibility index (Phi) is 4.67. The van der Waals surface area contributed by atoms with E-state index in [9.17, 15) is 4.79 Å². The molecular weight excluding hydrogens is 226 g/mol. The van der Waals surface area contributed by atoms with Crippen molar-refractivity contribution < 1.29 is 9.90 Å². The van der Waals surface area contributed by atoms with Gasteiger partial charge in [0.2, 0.25) is 0 Å². The third-order valence-electron chi connectivity index (χ3n) is 2.05. The number of hydrogen-bond donors (Lipinski definition) is 2. The van der Waals surface area contributed by atoms with Gasteiger partial charge >= 0.3 is 5.97 Å². The SMILES string of the molecule is CCCSc1nn(CCC)c(N)c1C(=O)O. The van der Waals surface area contributed by atoms with Gasteiger partial charge < -0.3 is 10.8 Å². The van der Waals surface area contributed by atoms with E-state index in [1.54, 1.807) is 4.68 Å². The van der Waals surface area contributed by atoms with Crippen LogP contribution in [0.15, 0.2) is 5.03 Å². The number of anilines is 1. The van der Waals surface area contributed by atoms with Crippen LogP contribution < -0.4 is 5.73 Å². The zero-order valence-electron chi connectivity index (χ0n) is 9.56. The molecule has 90 valence electrons. The molecule has 0 radical (unpaired) electrons. The summed E-state index contributed by atoms with van der Waals surface area (Å²) in [6, 6.07) is 0. The normalized spacial score (nSPS) is 10.6. The number of nitrogens with two attached hydrogens (primary N) is 1. The Bertz CT molecular complexity index is 376. The molecule has 1 heterocycles. The molecule has 1 aromatic heterocycles. The summed E-state index contributed by atoms with van der Waals surface area (Å²) in [4.78, 5) is 11.1. The van der Waals surface area contributed by atoms with Gasteiger partial charge in [0, 0.05) is 6.54 Å². The lowest BCUT2D eigenvalue weighted by Crippen LogP contribution is -2.07. The minimum Gasteiger partial charge on any atom is -0.477 e. The molecule has 0 aliphatic carbocycles. The second kappa shape index (κ2) is 5.79. The molecule has 0 saturated heterocycles. The number of carboxylic acid groups (broad SMARTS) is 1. The summed E-state index contributed by atoms with van der Waals surface area (Å²) >= 11 is 1.44. The first-order valence-electron chi connectivity index (χ1n) is 5.34. The van der Waals surface area contributed by atoms with Gasteiger partial charge in [0.1, 0.15) is 16.4 Å². The summed E-state index contributed by atoms with van der Waals surface area (Å²) in [6.07, 6.45) is 1.85. The van der Waals surface area contributed by atoms with Crippen molar-refractivity contribution in [3.05, 3.63) is 5.56 Å². The van der Waals surface area contributed by atoms with Crippen LogP contribution in [0.1, 0.15) is 37.0 Å². The molecule has 3 N–H and O–H groups in total. The maximum atomic E-state index is 11.1. The minimum absolute atomic E-state index is 0.145. The molecule has 0 unspecified atom stereocenters. The predicted molar refractivity (Wildman–Crippen MR) is 64.9 cm³/mol. The lowest BCUT2D eigenvalue weighted by molar-refractivity contribution is 0.0694. The monoisotopic (exact) mass is 243 g/mol. The summed E-state index contributed by atoms with van der Waals surface area (Å²) in [5.74, 6) is 0.106. The van der Waals surface area contributed by atoms with Crippen LogP contribution in [0.3, 0.4) is 0 Å². The molecule has 0 amide bonds. The number of rotatable bonds is 6. The Balaban J connectivity index is 3.04. The predicted octanol–water partition coefficient (Wildman–Crippen LogP) is 2.08. The largest absolute Gasteiger partial charge is 0.477 e. The third-order valence-corrected chi connectivity index (χ3v) is 3.22. The highest BCUT2D eigenvalue weighted by Gasteiger charge is 2.21. The number of nitrogen functional groups attached to an aromatic ring is 1. The fraction of sp³-hybridized carbons (Fsp3) is 0.600. The lowest BCUT2D eigenvalue weighted by atomic mass is 10.3. The Labute approximate surface area is 99.0 Å². The van der Waals surface area contributed by atoms with Crippen molar-refractivity contribution in [3.8, 4) is 0 Å². The molecule has 1 rings (SSSR count). The van der Waals surface area contributed by atoms with Crippen LogP contribution in [0.25, 0.3) is 0 Å². The van der Waals surface area contributed by atoms with Crippen molar-refractivity contribution in [2.24, 2.45) is 0 Å². The number of thioether (sulfide) groups is 1. The molecule has 0 aromatic carbocycles. The zero-order chi connectivity index (χ0) is 12.1. The molecule has 0 fully saturated rings. The second-order valence-corrected chi connectivity index (χ2v) is 4.53. The standard InChI is InChI=1S/C10H17N3O2S/c1-3-5-13-8(11)7(10(14)15)9(12-13)16-6-4-2/h3-6,11H2,1-2H3,(H,14,15). The van der Waals surface area contributed by atoms with Gasteiger partial charge in [0.25, 0.3) is 0 Å². The highest BCUT2D eigenvalue weighted by molar-refractivity contribution is 7.99. The fourth-order valence-electron chi connectivity index (χ4n) is 1.34. The maximum absolute atomic E-state index is 11.1. The van der Waals surface area contributed by atoms with Crippen molar-refractivity contribution in [2.45, 2.75) is 38.3 Å². The Morgan fingerprint density at radius 2 is 2.19 bits per heavy atom. The van der Waals surface area contributed by atoms with Gasteiger partial charge in [0.05, 0.1) is 0 Å². The van der Waals surface area contributed by atoms with Crippen LogP contribution in [0.5, 0.6) is 0 Å². The number of hydrogen-bond acceptors (Lipinski definition) is 4. The first-order chi connectivity index (χ1) is 7.61. The van der Waals surface area contributed by atoms with Gasteiger partial charge in [-0.25, -0.2) is 9.48 Å². The lowest BCUT2D eigenvalue weighted by Gasteiger charge is -1.99. The van der Waals surface area contributed by atoms with E-state index < -0.39 is 5.97 Å². The van der Waals surface area contributed by atoms with Gasteiger partial charge in [-0.1, -0.05) is 13.8 Å². The van der Waals surface area contributed by atoms with E-state index in [0.717, 1.165) is 18.6 Å². The second-order valence-electron chi connectivity index (χ2n) is 3.44. The number of carboxylic acids is 1. The smallest absolute Gasteiger partial charge is 0.342 e. The van der Waals surface area contributed by atoms with Gasteiger partial charge in [-0.3, -0.25) is 0 Å². The number of nitrogens with zero attached hydrogens (tertiary/aromatic N) is 2. The molecule has 0 spiro atoms. The Hall–Kier alpha value is -1.17. The first-order valence-corrected chi connectivity index (χ1v) is 6.32. The van der Waals surface area contributed by atoms with E-state index in [4.69, 9.17) is 10.8 Å². The van der Waals surface area contributed by atoms with E-state index in [2.05, 4.69) is 5.10 Å². The summed E-state index contributed by atoms with van der Waals surface area (Å²) in [7, 11) is 0. The average molecular weight is 243 g/mol. The minimum atomic E-state index is -1.00. The number of aromatic nitrogens is 2. The third kappa shape index (κ3) is 2.69. The highest BCUT2D eigenvalue weighted by Crippen LogP contribution is 2.27. The maximum Gasteiger partial charge on any atom is 0.342 e. The van der Waals surface area contributed by atoms with Crippen molar-refractivity contribution in [2.75, 3.05) is 11.5 Å². The van der Waals surface area contributed by atoms with E-state index in [0.29, 0.717) is 11.6 Å². The topological polar surface area (TPSA) is 81.1 Å². The first kappa shape index (κ1) is 12.9. The van der Waals surface area contributed by atoms with Gasteiger partial charge in [-0.2, -0.15) is 5.10 Å². The van der Waals surface area contributed by atoms with Gasteiger partial charge in [-0.05, 0) is 18.6 Å². The van der Waals surface area contributed by atoms with Crippen LogP contribution in [0.2, 0.25) is 0 Å². The molecular formula is C10H17N3O2S. The quantitative estimate of drug-likeness (QED) is 0.747. The van der Waals surface area contributed by atoms with E-state index in [1.165, 1.54) is 11.8 Å². The molecule has 5 nitrogen and oxygen atoms in total. The summed E-state index contributed by atoms with van der Waals surface area (Å²) < 4.78 is 1.57. The van der Waals surface area contributed by atoms with Crippen molar-refractivity contribution in [3.63, 3.8) is 0 Å². The summed E-state index contributed by atoms with van der Waals surface area (Å²) in [6.45, 7) is 4.69. The van der Waals surface area contributed by atoms with Crippen LogP contribution in [0, 0.1) is 0 Å². The Morgan fingerprint density at radius 1 is 1.50 bits per heavy atom. The molecule has 0 saturated carbocycles. The average Bonchev–Trinajstić information content (AvgIpc) is 2.53. The van der Waals surface area contributed by atoms with Crippen LogP contribution in [-0.4, -0.2) is 26.6 Å². The van der Waals surface area contributed by atoms with Gasteiger partial charge in [0.15, 0.2) is 0 Å². The summed E-state index contributed by atoms with van der Waals surface area (Å²) in [5, 5.41) is 13.8. The van der Waals surface area contributed by atoms with Crippen LogP contribution in [-0.2, 0) is 6.54 Å². The van der Waals surface area contributed by atoms with E-state index >= 15 is 0 Å². The van der Waals surface area contributed by atoms with Gasteiger partial charge in [-0.15, -0.1) is 11.8 Å². The number of carbonyl (C=O) groups is 1. The number of aromatic carboxylic acids is 1. The molecule has 0 bridgehead atoms. The molecule has 6 heteroatoms. The Morgan fingerprint density at radius 3 is 2.69 bits per heavy atom. The summed E-state index contributed by atoms with van der Waals surface area (Å²) in [5.41, 5.74) is 5.91. The highest BCUT2D eigenvalue weighted by atomic mass is 32.2. The molecule has 0 aliphatic rings. The zero-order valence-corrected chi connectivity index (χ0v) is 10.4. The van der Waals surface area contributed by atoms with E-state index in [-0.39, 0.29) is 11.4 Å². The molecule has 0 aliphatic heterocycles. The number of aryl methyl sites for hydroxylation is 1.